The predicted molar refractivity (Wildman–Crippen MR) is 37.9 cm³/mol. The molecule has 0 fully saturated rings. The van der Waals surface area contributed by atoms with E-state index in [1.165, 1.54) is 0 Å². The summed E-state index contributed by atoms with van der Waals surface area (Å²) in [5.74, 6) is -0.865. The molecule has 0 rings (SSSR count). The second kappa shape index (κ2) is 4.99. The fraction of sp³-hybridized carbons (Fsp3) is 0.571. The molecule has 10 heavy (non-hydrogen) atoms. The van der Waals surface area contributed by atoms with E-state index in [0.717, 1.165) is 0 Å². The van der Waals surface area contributed by atoms with Gasteiger partial charge in [-0.3, -0.25) is 0 Å². The van der Waals surface area contributed by atoms with Crippen LogP contribution in [0.2, 0.25) is 0 Å². The Bertz CT molecular complexity index is 138. The first-order valence-corrected chi connectivity index (χ1v) is 3.07. The van der Waals surface area contributed by atoms with Crippen molar-refractivity contribution >= 4 is 5.97 Å². The summed E-state index contributed by atoms with van der Waals surface area (Å²) in [6.07, 6.45) is 2.31. The van der Waals surface area contributed by atoms with Gasteiger partial charge in [0.25, 0.3) is 0 Å². The van der Waals surface area contributed by atoms with Crippen molar-refractivity contribution in [3.05, 3.63) is 11.6 Å². The number of hydrogen-bond acceptors (Lipinski definition) is 2. The molecule has 0 aliphatic heterocycles. The van der Waals surface area contributed by atoms with E-state index in [2.05, 4.69) is 0 Å². The number of aliphatic carboxylic acids is 1. The van der Waals surface area contributed by atoms with E-state index in [4.69, 9.17) is 9.84 Å². The van der Waals surface area contributed by atoms with Gasteiger partial charge in [-0.15, -0.1) is 0 Å². The Balaban J connectivity index is 3.58. The third-order valence-corrected chi connectivity index (χ3v) is 1.11. The number of hydrogen-bond donors (Lipinski definition) is 1. The van der Waals surface area contributed by atoms with Gasteiger partial charge in [0.1, 0.15) is 0 Å². The minimum Gasteiger partial charge on any atom is -0.478 e. The number of ether oxygens (including phenoxy) is 1. The molecule has 0 spiro atoms. The quantitative estimate of drug-likeness (QED) is 0.474. The summed E-state index contributed by atoms with van der Waals surface area (Å²) >= 11 is 0. The Kier molecular flexibility index (Phi) is 4.58. The monoisotopic (exact) mass is 144 g/mol. The van der Waals surface area contributed by atoms with Gasteiger partial charge in [0.05, 0.1) is 0 Å². The van der Waals surface area contributed by atoms with Gasteiger partial charge in [-0.2, -0.15) is 0 Å². The zero-order chi connectivity index (χ0) is 7.98. The van der Waals surface area contributed by atoms with Crippen LogP contribution in [0, 0.1) is 0 Å². The van der Waals surface area contributed by atoms with Crippen molar-refractivity contribution in [1.82, 2.24) is 0 Å². The number of carbonyl (C=O) groups is 1. The minimum atomic E-state index is -0.865. The van der Waals surface area contributed by atoms with Crippen LogP contribution in [0.4, 0.5) is 0 Å². The molecule has 0 aliphatic rings. The van der Waals surface area contributed by atoms with Crippen molar-refractivity contribution in [3.8, 4) is 0 Å². The maximum Gasteiger partial charge on any atom is 0.330 e. The maximum atomic E-state index is 10.2. The standard InChI is InChI=1S/C7H12O3/c1-6(7(8)9)4-3-5-10-2/h4H,3,5H2,1-2H3,(H,8,9)/b6-4+. The Morgan fingerprint density at radius 2 is 2.30 bits per heavy atom. The molecule has 0 aromatic rings. The van der Waals surface area contributed by atoms with Crippen molar-refractivity contribution in [2.45, 2.75) is 13.3 Å². The van der Waals surface area contributed by atoms with Crippen LogP contribution in [0.15, 0.2) is 11.6 Å². The summed E-state index contributed by atoms with van der Waals surface area (Å²) < 4.78 is 4.73. The zero-order valence-corrected chi connectivity index (χ0v) is 6.26. The van der Waals surface area contributed by atoms with Crippen LogP contribution in [-0.4, -0.2) is 24.8 Å². The van der Waals surface area contributed by atoms with Gasteiger partial charge in [0.15, 0.2) is 0 Å². The Hall–Kier alpha value is -0.830. The molecule has 0 saturated carbocycles. The average molecular weight is 144 g/mol. The first kappa shape index (κ1) is 9.17. The van der Waals surface area contributed by atoms with Crippen molar-refractivity contribution in [1.29, 1.82) is 0 Å². The molecular formula is C7H12O3. The summed E-state index contributed by atoms with van der Waals surface area (Å²) in [5, 5.41) is 8.37. The van der Waals surface area contributed by atoms with E-state index in [0.29, 0.717) is 18.6 Å². The molecule has 3 heteroatoms. The van der Waals surface area contributed by atoms with Crippen molar-refractivity contribution in [2.75, 3.05) is 13.7 Å². The lowest BCUT2D eigenvalue weighted by molar-refractivity contribution is -0.132. The van der Waals surface area contributed by atoms with Gasteiger partial charge in [-0.1, -0.05) is 6.08 Å². The molecule has 3 nitrogen and oxygen atoms in total. The second-order valence-electron chi connectivity index (χ2n) is 1.97. The third-order valence-electron chi connectivity index (χ3n) is 1.11. The highest BCUT2D eigenvalue weighted by atomic mass is 16.5. The Labute approximate surface area is 60.3 Å². The first-order chi connectivity index (χ1) is 4.68. The molecule has 1 N–H and O–H groups in total. The summed E-state index contributed by atoms with van der Waals surface area (Å²) in [7, 11) is 1.59. The van der Waals surface area contributed by atoms with E-state index in [9.17, 15) is 4.79 Å². The molecular weight excluding hydrogens is 132 g/mol. The van der Waals surface area contributed by atoms with Gasteiger partial charge in [-0.25, -0.2) is 4.79 Å². The van der Waals surface area contributed by atoms with Gasteiger partial charge in [0, 0.05) is 19.3 Å². The topological polar surface area (TPSA) is 46.5 Å². The van der Waals surface area contributed by atoms with E-state index < -0.39 is 5.97 Å². The van der Waals surface area contributed by atoms with Crippen LogP contribution >= 0.6 is 0 Å². The summed E-state index contributed by atoms with van der Waals surface area (Å²) in [4.78, 5) is 10.2. The van der Waals surface area contributed by atoms with E-state index >= 15 is 0 Å². The molecule has 0 amide bonds. The Morgan fingerprint density at radius 1 is 1.70 bits per heavy atom. The molecule has 58 valence electrons. The molecule has 0 heterocycles. The van der Waals surface area contributed by atoms with Crippen LogP contribution in [0.5, 0.6) is 0 Å². The number of carboxylic acids is 1. The first-order valence-electron chi connectivity index (χ1n) is 3.07. The van der Waals surface area contributed by atoms with E-state index in [1.54, 1.807) is 20.1 Å². The van der Waals surface area contributed by atoms with Crippen molar-refractivity contribution < 1.29 is 14.6 Å². The van der Waals surface area contributed by atoms with Gasteiger partial charge >= 0.3 is 5.97 Å². The lowest BCUT2D eigenvalue weighted by Gasteiger charge is -1.93. The highest BCUT2D eigenvalue weighted by Crippen LogP contribution is 1.94. The molecule has 0 aromatic heterocycles. The molecule has 0 bridgehead atoms. The molecule has 0 aromatic carbocycles. The van der Waals surface area contributed by atoms with Crippen LogP contribution in [0.3, 0.4) is 0 Å². The number of methoxy groups -OCH3 is 1. The van der Waals surface area contributed by atoms with Crippen molar-refractivity contribution in [2.24, 2.45) is 0 Å². The van der Waals surface area contributed by atoms with Crippen LogP contribution in [0.25, 0.3) is 0 Å². The highest BCUT2D eigenvalue weighted by Gasteiger charge is 1.96. The molecule has 0 atom stereocenters. The Morgan fingerprint density at radius 3 is 2.70 bits per heavy atom. The number of rotatable bonds is 4. The van der Waals surface area contributed by atoms with Gasteiger partial charge in [0.2, 0.25) is 0 Å². The van der Waals surface area contributed by atoms with Crippen LogP contribution in [-0.2, 0) is 9.53 Å². The van der Waals surface area contributed by atoms with Gasteiger partial charge in [-0.05, 0) is 13.3 Å². The summed E-state index contributed by atoms with van der Waals surface area (Å²) in [6, 6.07) is 0. The second-order valence-corrected chi connectivity index (χ2v) is 1.97. The zero-order valence-electron chi connectivity index (χ0n) is 6.26. The van der Waals surface area contributed by atoms with Gasteiger partial charge < -0.3 is 9.84 Å². The molecule has 0 aliphatic carbocycles. The average Bonchev–Trinajstić information content (AvgIpc) is 1.88. The van der Waals surface area contributed by atoms with Crippen molar-refractivity contribution in [3.63, 3.8) is 0 Å². The highest BCUT2D eigenvalue weighted by molar-refractivity contribution is 5.85. The summed E-state index contributed by atoms with van der Waals surface area (Å²) in [6.45, 7) is 2.14. The predicted octanol–water partition coefficient (Wildman–Crippen LogP) is 1.05. The molecule has 0 unspecified atom stereocenters. The minimum absolute atomic E-state index is 0.372. The smallest absolute Gasteiger partial charge is 0.330 e. The van der Waals surface area contributed by atoms with Crippen LogP contribution in [0.1, 0.15) is 13.3 Å². The molecule has 0 saturated heterocycles. The molecule has 0 radical (unpaired) electrons. The van der Waals surface area contributed by atoms with Crippen LogP contribution < -0.4 is 0 Å². The maximum absolute atomic E-state index is 10.2. The summed E-state index contributed by atoms with van der Waals surface area (Å²) in [5.41, 5.74) is 0.372. The lowest BCUT2D eigenvalue weighted by atomic mass is 10.2. The van der Waals surface area contributed by atoms with E-state index in [-0.39, 0.29) is 0 Å². The largest absolute Gasteiger partial charge is 0.478 e. The lowest BCUT2D eigenvalue weighted by Crippen LogP contribution is -1.96. The third kappa shape index (κ3) is 4.09. The normalized spacial score (nSPS) is 11.6. The fourth-order valence-corrected chi connectivity index (χ4v) is 0.481. The number of carboxylic acid groups (broad SMARTS) is 1. The fourth-order valence-electron chi connectivity index (χ4n) is 0.481. The van der Waals surface area contributed by atoms with E-state index in [1.807, 2.05) is 0 Å². The SMILES string of the molecule is COCC/C=C(\C)C(=O)O.